The summed E-state index contributed by atoms with van der Waals surface area (Å²) in [6.45, 7) is 10.3. The number of rotatable bonds is 10. The average Bonchev–Trinajstić information content (AvgIpc) is 2.64. The Morgan fingerprint density at radius 2 is 1.82 bits per heavy atom. The summed E-state index contributed by atoms with van der Waals surface area (Å²) in [5.41, 5.74) is 1.09. The second-order valence-electron chi connectivity index (χ2n) is 6.62. The van der Waals surface area contributed by atoms with Crippen LogP contribution in [0, 0.1) is 5.92 Å². The van der Waals surface area contributed by atoms with Gasteiger partial charge in [-0.15, -0.1) is 24.0 Å². The fraction of sp³-hybridized carbons (Fsp3) is 0.600. The quantitative estimate of drug-likeness (QED) is 0.257. The lowest BCUT2D eigenvalue weighted by molar-refractivity contribution is 0.146. The van der Waals surface area contributed by atoms with Gasteiger partial charge in [0.05, 0.1) is 20.3 Å². The maximum atomic E-state index is 11.8. The van der Waals surface area contributed by atoms with Crippen molar-refractivity contribution in [2.75, 3.05) is 26.8 Å². The normalized spacial score (nSPS) is 12.0. The van der Waals surface area contributed by atoms with Crippen LogP contribution in [0.4, 0.5) is 4.79 Å². The fourth-order valence-corrected chi connectivity index (χ4v) is 2.56. The minimum Gasteiger partial charge on any atom is -0.497 e. The number of halogens is 1. The van der Waals surface area contributed by atoms with Crippen LogP contribution in [-0.4, -0.2) is 44.9 Å². The molecule has 0 aliphatic carbocycles. The number of carbonyl (C=O) groups excluding carboxylic acids is 1. The number of guanidine groups is 1. The molecule has 1 aromatic carbocycles. The van der Waals surface area contributed by atoms with Crippen molar-refractivity contribution in [2.45, 2.75) is 46.7 Å². The van der Waals surface area contributed by atoms with Crippen molar-refractivity contribution in [3.05, 3.63) is 29.8 Å². The molecule has 1 amide bonds. The van der Waals surface area contributed by atoms with E-state index in [0.29, 0.717) is 31.6 Å². The molecule has 0 spiro atoms. The lowest BCUT2D eigenvalue weighted by Gasteiger charge is -2.22. The van der Waals surface area contributed by atoms with Crippen LogP contribution in [0.15, 0.2) is 29.3 Å². The monoisotopic (exact) mass is 506 g/mol. The number of ether oxygens (including phenoxy) is 2. The van der Waals surface area contributed by atoms with E-state index in [-0.39, 0.29) is 36.1 Å². The smallest absolute Gasteiger partial charge is 0.407 e. The number of alkyl carbamates (subject to hydrolysis) is 1. The molecule has 0 fully saturated rings. The van der Waals surface area contributed by atoms with Crippen molar-refractivity contribution < 1.29 is 14.3 Å². The zero-order valence-corrected chi connectivity index (χ0v) is 19.9. The third-order valence-corrected chi connectivity index (χ3v) is 3.79. The Bertz CT molecular complexity index is 579. The molecule has 0 aliphatic rings. The van der Waals surface area contributed by atoms with Gasteiger partial charge in [-0.2, -0.15) is 0 Å². The summed E-state index contributed by atoms with van der Waals surface area (Å²) in [5.74, 6) is 2.00. The molecule has 0 heterocycles. The van der Waals surface area contributed by atoms with Crippen molar-refractivity contribution in [2.24, 2.45) is 10.9 Å². The fourth-order valence-electron chi connectivity index (χ4n) is 2.56. The van der Waals surface area contributed by atoms with E-state index in [1.165, 1.54) is 0 Å². The molecule has 0 saturated carbocycles. The van der Waals surface area contributed by atoms with E-state index >= 15 is 0 Å². The molecule has 8 heteroatoms. The first-order valence-electron chi connectivity index (χ1n) is 9.56. The highest BCUT2D eigenvalue weighted by Gasteiger charge is 2.15. The molecule has 0 radical (unpaired) electrons. The Kier molecular flexibility index (Phi) is 14.3. The van der Waals surface area contributed by atoms with Crippen LogP contribution >= 0.6 is 24.0 Å². The number of benzene rings is 1. The first-order chi connectivity index (χ1) is 13.0. The predicted octanol–water partition coefficient (Wildman–Crippen LogP) is 3.53. The number of methoxy groups -OCH3 is 1. The maximum Gasteiger partial charge on any atom is 0.407 e. The van der Waals surface area contributed by atoms with Gasteiger partial charge in [-0.1, -0.05) is 26.0 Å². The van der Waals surface area contributed by atoms with Gasteiger partial charge in [0.25, 0.3) is 0 Å². The van der Waals surface area contributed by atoms with Crippen LogP contribution in [-0.2, 0) is 11.3 Å². The first-order valence-corrected chi connectivity index (χ1v) is 9.56. The van der Waals surface area contributed by atoms with E-state index in [2.05, 4.69) is 34.8 Å². The molecule has 160 valence electrons. The Hall–Kier alpha value is -1.71. The molecule has 0 bridgehead atoms. The third kappa shape index (κ3) is 11.2. The maximum absolute atomic E-state index is 11.8. The van der Waals surface area contributed by atoms with Crippen LogP contribution in [0.1, 0.15) is 39.7 Å². The molecule has 1 aromatic rings. The van der Waals surface area contributed by atoms with Crippen molar-refractivity contribution in [1.82, 2.24) is 16.0 Å². The lowest BCUT2D eigenvalue weighted by atomic mass is 10.0. The van der Waals surface area contributed by atoms with E-state index in [1.807, 2.05) is 31.2 Å². The van der Waals surface area contributed by atoms with Gasteiger partial charge in [0, 0.05) is 19.1 Å². The summed E-state index contributed by atoms with van der Waals surface area (Å²) < 4.78 is 10.2. The highest BCUT2D eigenvalue weighted by atomic mass is 127. The van der Waals surface area contributed by atoms with Gasteiger partial charge in [0.15, 0.2) is 5.96 Å². The molecular formula is C20H35IN4O3. The van der Waals surface area contributed by atoms with Gasteiger partial charge < -0.3 is 25.4 Å². The Labute approximate surface area is 186 Å². The molecule has 1 atom stereocenters. The van der Waals surface area contributed by atoms with Crippen molar-refractivity contribution in [3.63, 3.8) is 0 Å². The summed E-state index contributed by atoms with van der Waals surface area (Å²) in [7, 11) is 1.65. The minimum atomic E-state index is -0.384. The topological polar surface area (TPSA) is 84.0 Å². The second kappa shape index (κ2) is 15.2. The van der Waals surface area contributed by atoms with Crippen LogP contribution in [0.3, 0.4) is 0 Å². The number of nitrogens with zero attached hydrogens (tertiary/aromatic N) is 1. The number of carbonyl (C=O) groups is 1. The van der Waals surface area contributed by atoms with Gasteiger partial charge in [-0.05, 0) is 43.9 Å². The Morgan fingerprint density at radius 3 is 2.36 bits per heavy atom. The van der Waals surface area contributed by atoms with Gasteiger partial charge in [-0.3, -0.25) is 0 Å². The van der Waals surface area contributed by atoms with Gasteiger partial charge >= 0.3 is 6.09 Å². The number of hydrogen-bond donors (Lipinski definition) is 3. The van der Waals surface area contributed by atoms with Crippen molar-refractivity contribution in [1.29, 1.82) is 0 Å². The van der Waals surface area contributed by atoms with Gasteiger partial charge in [0.1, 0.15) is 5.75 Å². The number of hydrogen-bond acceptors (Lipinski definition) is 4. The summed E-state index contributed by atoms with van der Waals surface area (Å²) >= 11 is 0. The lowest BCUT2D eigenvalue weighted by Crippen LogP contribution is -2.47. The summed E-state index contributed by atoms with van der Waals surface area (Å²) in [4.78, 5) is 16.4. The van der Waals surface area contributed by atoms with Crippen molar-refractivity contribution >= 4 is 36.0 Å². The minimum absolute atomic E-state index is 0. The number of amides is 1. The van der Waals surface area contributed by atoms with Crippen LogP contribution in [0.25, 0.3) is 0 Å². The van der Waals surface area contributed by atoms with Crippen LogP contribution in [0.5, 0.6) is 5.75 Å². The average molecular weight is 506 g/mol. The van der Waals surface area contributed by atoms with E-state index in [9.17, 15) is 4.79 Å². The zero-order valence-electron chi connectivity index (χ0n) is 17.6. The summed E-state index contributed by atoms with van der Waals surface area (Å²) in [5, 5.41) is 9.46. The molecule has 0 aliphatic heterocycles. The van der Waals surface area contributed by atoms with Gasteiger partial charge in [0.2, 0.25) is 0 Å². The highest BCUT2D eigenvalue weighted by molar-refractivity contribution is 14.0. The molecule has 1 unspecified atom stereocenters. The molecule has 1 rings (SSSR count). The molecule has 3 N–H and O–H groups in total. The third-order valence-electron chi connectivity index (χ3n) is 3.79. The highest BCUT2D eigenvalue weighted by Crippen LogP contribution is 2.11. The SMILES string of the molecule is CCNC(=NCc1ccc(OC)cc1)NCC(CC(C)C)NC(=O)OCC.I. The second-order valence-corrected chi connectivity index (χ2v) is 6.62. The van der Waals surface area contributed by atoms with E-state index in [0.717, 1.165) is 24.3 Å². The van der Waals surface area contributed by atoms with Crippen LogP contribution in [0.2, 0.25) is 0 Å². The summed E-state index contributed by atoms with van der Waals surface area (Å²) in [6, 6.07) is 7.81. The van der Waals surface area contributed by atoms with Gasteiger partial charge in [-0.25, -0.2) is 9.79 Å². The summed E-state index contributed by atoms with van der Waals surface area (Å²) in [6.07, 6.45) is 0.467. The first kappa shape index (κ1) is 26.3. The Morgan fingerprint density at radius 1 is 1.14 bits per heavy atom. The number of aliphatic imine (C=N–C) groups is 1. The predicted molar refractivity (Wildman–Crippen MR) is 125 cm³/mol. The number of nitrogens with one attached hydrogen (secondary N) is 3. The Balaban J connectivity index is 0.00000729. The van der Waals surface area contributed by atoms with E-state index < -0.39 is 0 Å². The van der Waals surface area contributed by atoms with E-state index in [1.54, 1.807) is 14.0 Å². The molecule has 0 saturated heterocycles. The largest absolute Gasteiger partial charge is 0.497 e. The van der Waals surface area contributed by atoms with Crippen LogP contribution < -0.4 is 20.7 Å². The molecule has 28 heavy (non-hydrogen) atoms. The molecule has 7 nitrogen and oxygen atoms in total. The van der Waals surface area contributed by atoms with Crippen molar-refractivity contribution in [3.8, 4) is 5.75 Å². The molecular weight excluding hydrogens is 471 g/mol. The molecule has 0 aromatic heterocycles. The zero-order chi connectivity index (χ0) is 20.1. The standard InChI is InChI=1S/C20H34N4O3.HI/c1-6-21-19(22-13-16-8-10-18(26-5)11-9-16)23-14-17(12-15(3)4)24-20(25)27-7-2;/h8-11,15,17H,6-7,12-14H2,1-5H3,(H,24,25)(H2,21,22,23);1H. The van der Waals surface area contributed by atoms with E-state index in [4.69, 9.17) is 9.47 Å².